The SMILES string of the molecule is CC12COC3(C)OC(=O)C(C)(OC1)P23. The summed E-state index contributed by atoms with van der Waals surface area (Å²) in [5.74, 6) is -0.255. The molecule has 3 fully saturated rings. The highest BCUT2D eigenvalue weighted by Gasteiger charge is 2.75. The molecule has 3 heterocycles. The third kappa shape index (κ3) is 0.755. The lowest BCUT2D eigenvalue weighted by atomic mass is 10.2. The lowest BCUT2D eigenvalue weighted by Gasteiger charge is -2.26. The Labute approximate surface area is 83.6 Å². The van der Waals surface area contributed by atoms with Gasteiger partial charge in [0.25, 0.3) is 0 Å². The van der Waals surface area contributed by atoms with Crippen molar-refractivity contribution in [1.29, 1.82) is 0 Å². The average molecular weight is 216 g/mol. The molecule has 0 saturated carbocycles. The van der Waals surface area contributed by atoms with Crippen LogP contribution in [0.4, 0.5) is 0 Å². The van der Waals surface area contributed by atoms with Crippen molar-refractivity contribution in [3.05, 3.63) is 0 Å². The number of hydrogen-bond donors (Lipinski definition) is 0. The fourth-order valence-electron chi connectivity index (χ4n) is 2.77. The first kappa shape index (κ1) is 9.08. The maximum atomic E-state index is 11.7. The van der Waals surface area contributed by atoms with Crippen LogP contribution in [-0.2, 0) is 19.0 Å². The van der Waals surface area contributed by atoms with E-state index in [9.17, 15) is 4.79 Å². The number of esters is 1. The molecule has 0 radical (unpaired) electrons. The van der Waals surface area contributed by atoms with Crippen LogP contribution in [0.3, 0.4) is 0 Å². The van der Waals surface area contributed by atoms with Crippen molar-refractivity contribution in [1.82, 2.24) is 0 Å². The van der Waals surface area contributed by atoms with Gasteiger partial charge in [-0.2, -0.15) is 0 Å². The Bertz CT molecular complexity index is 333. The predicted octanol–water partition coefficient (Wildman–Crippen LogP) is 1.23. The molecule has 0 aliphatic carbocycles. The van der Waals surface area contributed by atoms with Gasteiger partial charge in [0.15, 0.2) is 5.34 Å². The summed E-state index contributed by atoms with van der Waals surface area (Å²) in [6.45, 7) is 7.07. The number of ether oxygens (including phenoxy) is 3. The molecule has 3 aliphatic rings. The van der Waals surface area contributed by atoms with Crippen molar-refractivity contribution < 1.29 is 19.0 Å². The van der Waals surface area contributed by atoms with E-state index in [-0.39, 0.29) is 11.1 Å². The van der Waals surface area contributed by atoms with E-state index in [0.29, 0.717) is 13.2 Å². The Morgan fingerprint density at radius 2 is 1.86 bits per heavy atom. The number of carbonyl (C=O) groups is 1. The first-order chi connectivity index (χ1) is 6.41. The largest absolute Gasteiger partial charge is 0.427 e. The summed E-state index contributed by atoms with van der Waals surface area (Å²) in [7, 11) is -0.706. The van der Waals surface area contributed by atoms with Crippen LogP contribution in [0.1, 0.15) is 20.8 Å². The highest BCUT2D eigenvalue weighted by atomic mass is 31.1. The van der Waals surface area contributed by atoms with Gasteiger partial charge in [-0.3, -0.25) is 0 Å². The Morgan fingerprint density at radius 3 is 2.57 bits per heavy atom. The Balaban J connectivity index is 2.16. The van der Waals surface area contributed by atoms with Crippen LogP contribution in [-0.4, -0.2) is 35.2 Å². The Morgan fingerprint density at radius 1 is 1.21 bits per heavy atom. The molecule has 0 aromatic heterocycles. The van der Waals surface area contributed by atoms with E-state index in [1.807, 2.05) is 13.8 Å². The van der Waals surface area contributed by atoms with E-state index in [1.54, 1.807) is 0 Å². The van der Waals surface area contributed by atoms with Gasteiger partial charge in [0.1, 0.15) is 0 Å². The molecule has 5 heteroatoms. The van der Waals surface area contributed by atoms with Gasteiger partial charge in [-0.05, 0) is 6.92 Å². The van der Waals surface area contributed by atoms with Crippen LogP contribution in [0, 0.1) is 0 Å². The molecule has 0 N–H and O–H groups in total. The number of carbonyl (C=O) groups excluding carboxylic acids is 1. The minimum absolute atomic E-state index is 0.00894. The topological polar surface area (TPSA) is 44.8 Å². The second-order valence-electron chi connectivity index (χ2n) is 4.68. The quantitative estimate of drug-likeness (QED) is 0.451. The maximum absolute atomic E-state index is 11.7. The zero-order chi connectivity index (χ0) is 10.2. The van der Waals surface area contributed by atoms with Crippen molar-refractivity contribution in [2.75, 3.05) is 13.2 Å². The Hall–Kier alpha value is -0.180. The summed E-state index contributed by atoms with van der Waals surface area (Å²) in [6.07, 6.45) is 0. The van der Waals surface area contributed by atoms with Crippen molar-refractivity contribution in [3.8, 4) is 0 Å². The summed E-state index contributed by atoms with van der Waals surface area (Å²) in [5.41, 5.74) is -0.702. The van der Waals surface area contributed by atoms with Gasteiger partial charge in [0, 0.05) is 20.0 Å². The molecule has 4 nitrogen and oxygen atoms in total. The Kier molecular flexibility index (Phi) is 1.40. The fraction of sp³-hybridized carbons (Fsp3) is 0.889. The summed E-state index contributed by atoms with van der Waals surface area (Å²) >= 11 is 0. The third-order valence-electron chi connectivity index (χ3n) is 3.35. The summed E-state index contributed by atoms with van der Waals surface area (Å²) in [4.78, 5) is 11.7. The molecule has 3 rings (SSSR count). The van der Waals surface area contributed by atoms with Crippen molar-refractivity contribution in [3.63, 3.8) is 0 Å². The molecule has 0 aromatic carbocycles. The van der Waals surface area contributed by atoms with Gasteiger partial charge in [0.2, 0.25) is 5.53 Å². The molecule has 3 saturated heterocycles. The second-order valence-corrected chi connectivity index (χ2v) is 8.10. The average Bonchev–Trinajstić information content (AvgIpc) is 2.58. The minimum Gasteiger partial charge on any atom is -0.427 e. The predicted molar refractivity (Wildman–Crippen MR) is 50.1 cm³/mol. The lowest BCUT2D eigenvalue weighted by molar-refractivity contribution is -0.182. The van der Waals surface area contributed by atoms with E-state index < -0.39 is 18.8 Å². The zero-order valence-electron chi connectivity index (χ0n) is 8.49. The van der Waals surface area contributed by atoms with Gasteiger partial charge in [-0.25, -0.2) is 4.79 Å². The van der Waals surface area contributed by atoms with Crippen LogP contribution in [0.15, 0.2) is 0 Å². The van der Waals surface area contributed by atoms with Crippen molar-refractivity contribution in [2.24, 2.45) is 0 Å². The van der Waals surface area contributed by atoms with E-state index in [0.717, 1.165) is 0 Å². The van der Waals surface area contributed by atoms with E-state index in [4.69, 9.17) is 14.2 Å². The minimum atomic E-state index is -0.727. The van der Waals surface area contributed by atoms with Crippen molar-refractivity contribution in [2.45, 2.75) is 36.8 Å². The van der Waals surface area contributed by atoms with E-state index in [1.165, 1.54) is 0 Å². The van der Waals surface area contributed by atoms with Gasteiger partial charge in [-0.1, -0.05) is 6.92 Å². The smallest absolute Gasteiger partial charge is 0.345 e. The lowest BCUT2D eigenvalue weighted by Crippen LogP contribution is -2.28. The molecule has 3 aliphatic heterocycles. The van der Waals surface area contributed by atoms with E-state index >= 15 is 0 Å². The van der Waals surface area contributed by atoms with Gasteiger partial charge >= 0.3 is 5.97 Å². The highest BCUT2D eigenvalue weighted by molar-refractivity contribution is 7.64. The second kappa shape index (κ2) is 2.16. The summed E-state index contributed by atoms with van der Waals surface area (Å²) in [6, 6.07) is 0. The van der Waals surface area contributed by atoms with Crippen molar-refractivity contribution >= 4 is 13.9 Å². The van der Waals surface area contributed by atoms with E-state index in [2.05, 4.69) is 6.92 Å². The first-order valence-electron chi connectivity index (χ1n) is 4.73. The van der Waals surface area contributed by atoms with Gasteiger partial charge in [0.05, 0.1) is 13.2 Å². The fourth-order valence-corrected chi connectivity index (χ4v) is 6.73. The third-order valence-corrected chi connectivity index (χ3v) is 6.88. The van der Waals surface area contributed by atoms with Gasteiger partial charge < -0.3 is 14.2 Å². The monoisotopic (exact) mass is 216 g/mol. The standard InChI is InChI=1S/C9H13O4P/c1-7-4-11-8(2)6(10)13-9(3,12-5-7)14(7)8/h4-5H2,1-3H3. The van der Waals surface area contributed by atoms with Crippen LogP contribution in [0.5, 0.6) is 0 Å². The molecule has 14 heavy (non-hydrogen) atoms. The molecule has 4 atom stereocenters. The molecule has 78 valence electrons. The molecular weight excluding hydrogens is 203 g/mol. The number of hydrogen-bond acceptors (Lipinski definition) is 4. The van der Waals surface area contributed by atoms with Crippen LogP contribution >= 0.6 is 7.92 Å². The van der Waals surface area contributed by atoms with Crippen LogP contribution < -0.4 is 0 Å². The molecule has 0 amide bonds. The zero-order valence-corrected chi connectivity index (χ0v) is 9.39. The van der Waals surface area contributed by atoms with Gasteiger partial charge in [-0.15, -0.1) is 0 Å². The molecule has 4 unspecified atom stereocenters. The highest BCUT2D eigenvalue weighted by Crippen LogP contribution is 2.79. The summed E-state index contributed by atoms with van der Waals surface area (Å²) in [5, 5.41) is -0.736. The maximum Gasteiger partial charge on any atom is 0.345 e. The molecule has 0 bridgehead atoms. The molecule has 0 spiro atoms. The van der Waals surface area contributed by atoms with Crippen LogP contribution in [0.25, 0.3) is 0 Å². The van der Waals surface area contributed by atoms with Crippen LogP contribution in [0.2, 0.25) is 0 Å². The number of rotatable bonds is 0. The summed E-state index contributed by atoms with van der Waals surface area (Å²) < 4.78 is 16.6. The molecule has 0 aromatic rings. The normalized spacial score (nSPS) is 60.2. The first-order valence-corrected chi connectivity index (χ1v) is 6.07. The molecular formula is C9H13O4P.